The molecule has 2 heterocycles. The first-order valence-electron chi connectivity index (χ1n) is 5.55. The zero-order valence-electron chi connectivity index (χ0n) is 9.96. The molecule has 0 aliphatic carbocycles. The van der Waals surface area contributed by atoms with E-state index < -0.39 is 0 Å². The summed E-state index contributed by atoms with van der Waals surface area (Å²) in [5, 5.41) is 5.63. The molecule has 5 heteroatoms. The Hall–Kier alpha value is -2.01. The number of carbonyl (C=O) groups excluding carboxylic acids is 1. The number of allylic oxidation sites excluding steroid dienone is 1. The van der Waals surface area contributed by atoms with Gasteiger partial charge < -0.3 is 5.32 Å². The van der Waals surface area contributed by atoms with Gasteiger partial charge in [-0.15, -0.1) is 11.3 Å². The number of thiazole rings is 1. The molecule has 0 spiro atoms. The van der Waals surface area contributed by atoms with Gasteiger partial charge in [0, 0.05) is 23.3 Å². The Kier molecular flexibility index (Phi) is 4.20. The van der Waals surface area contributed by atoms with Crippen molar-refractivity contribution in [3.63, 3.8) is 0 Å². The summed E-state index contributed by atoms with van der Waals surface area (Å²) in [6, 6.07) is 3.85. The fourth-order valence-electron chi connectivity index (χ4n) is 1.40. The number of carbonyl (C=O) groups is 1. The van der Waals surface area contributed by atoms with Crippen LogP contribution in [0.4, 0.5) is 0 Å². The van der Waals surface area contributed by atoms with Crippen molar-refractivity contribution in [3.8, 4) is 10.6 Å². The number of nitrogens with zero attached hydrogens (tertiary/aromatic N) is 2. The van der Waals surface area contributed by atoms with E-state index in [1.165, 1.54) is 6.08 Å². The zero-order valence-corrected chi connectivity index (χ0v) is 10.8. The van der Waals surface area contributed by atoms with Gasteiger partial charge in [0.15, 0.2) is 0 Å². The van der Waals surface area contributed by atoms with Crippen molar-refractivity contribution >= 4 is 17.2 Å². The maximum atomic E-state index is 11.3. The van der Waals surface area contributed by atoms with E-state index in [-0.39, 0.29) is 5.91 Å². The molecule has 0 unspecified atom stereocenters. The summed E-state index contributed by atoms with van der Waals surface area (Å²) in [7, 11) is 0. The molecule has 0 bridgehead atoms. The van der Waals surface area contributed by atoms with Crippen LogP contribution in [0.1, 0.15) is 12.6 Å². The first kappa shape index (κ1) is 12.4. The predicted molar refractivity (Wildman–Crippen MR) is 72.0 cm³/mol. The van der Waals surface area contributed by atoms with Gasteiger partial charge in [-0.1, -0.05) is 6.08 Å². The van der Waals surface area contributed by atoms with E-state index in [9.17, 15) is 4.79 Å². The lowest BCUT2D eigenvalue weighted by molar-refractivity contribution is -0.116. The number of nitrogens with one attached hydrogen (secondary N) is 1. The molecular formula is C13H13N3OS. The fraction of sp³-hybridized carbons (Fsp3) is 0.154. The molecule has 18 heavy (non-hydrogen) atoms. The number of aromatic nitrogens is 2. The van der Waals surface area contributed by atoms with E-state index in [2.05, 4.69) is 15.3 Å². The third-order valence-electron chi connectivity index (χ3n) is 2.22. The fourth-order valence-corrected chi connectivity index (χ4v) is 2.21. The van der Waals surface area contributed by atoms with Crippen molar-refractivity contribution in [2.45, 2.75) is 13.5 Å². The van der Waals surface area contributed by atoms with Crippen LogP contribution in [-0.2, 0) is 11.3 Å². The standard InChI is InChI=1S/C13H13N3OS/c1-2-4-12(17)15-8-11-9-18-13(16-11)10-5-3-6-14-7-10/h2-7,9H,8H2,1H3,(H,15,17)/b4-2+. The summed E-state index contributed by atoms with van der Waals surface area (Å²) in [4.78, 5) is 19.8. The van der Waals surface area contributed by atoms with E-state index in [0.29, 0.717) is 6.54 Å². The number of pyridine rings is 1. The summed E-state index contributed by atoms with van der Waals surface area (Å²) in [6.07, 6.45) is 6.71. The molecule has 92 valence electrons. The number of rotatable bonds is 4. The second-order valence-electron chi connectivity index (χ2n) is 3.60. The first-order chi connectivity index (χ1) is 8.79. The lowest BCUT2D eigenvalue weighted by atomic mass is 10.3. The van der Waals surface area contributed by atoms with E-state index in [0.717, 1.165) is 16.3 Å². The van der Waals surface area contributed by atoms with Gasteiger partial charge in [0.1, 0.15) is 5.01 Å². The summed E-state index contributed by atoms with van der Waals surface area (Å²) >= 11 is 1.55. The minimum atomic E-state index is -0.103. The third-order valence-corrected chi connectivity index (χ3v) is 3.16. The minimum Gasteiger partial charge on any atom is -0.347 e. The van der Waals surface area contributed by atoms with Crippen molar-refractivity contribution < 1.29 is 4.79 Å². The van der Waals surface area contributed by atoms with Crippen molar-refractivity contribution in [2.75, 3.05) is 0 Å². The maximum absolute atomic E-state index is 11.3. The van der Waals surface area contributed by atoms with Crippen LogP contribution in [0.15, 0.2) is 42.1 Å². The molecule has 0 atom stereocenters. The second-order valence-corrected chi connectivity index (χ2v) is 4.46. The van der Waals surface area contributed by atoms with Crippen molar-refractivity contribution in [1.82, 2.24) is 15.3 Å². The monoisotopic (exact) mass is 259 g/mol. The molecule has 4 nitrogen and oxygen atoms in total. The van der Waals surface area contributed by atoms with Crippen LogP contribution in [0.3, 0.4) is 0 Å². The van der Waals surface area contributed by atoms with Gasteiger partial charge in [-0.05, 0) is 25.1 Å². The molecular weight excluding hydrogens is 246 g/mol. The number of hydrogen-bond acceptors (Lipinski definition) is 4. The minimum absolute atomic E-state index is 0.103. The second kappa shape index (κ2) is 6.07. The Bertz CT molecular complexity index is 548. The highest BCUT2D eigenvalue weighted by Gasteiger charge is 2.05. The zero-order chi connectivity index (χ0) is 12.8. The van der Waals surface area contributed by atoms with Crippen LogP contribution in [-0.4, -0.2) is 15.9 Å². The Balaban J connectivity index is 2.01. The Labute approximate surface area is 109 Å². The molecule has 0 aliphatic rings. The van der Waals surface area contributed by atoms with Gasteiger partial charge in [-0.3, -0.25) is 9.78 Å². The van der Waals surface area contributed by atoms with Gasteiger partial charge in [-0.2, -0.15) is 0 Å². The molecule has 0 aromatic carbocycles. The van der Waals surface area contributed by atoms with E-state index in [1.807, 2.05) is 24.4 Å². The lowest BCUT2D eigenvalue weighted by Crippen LogP contribution is -2.20. The Morgan fingerprint density at radius 1 is 1.56 bits per heavy atom. The summed E-state index contributed by atoms with van der Waals surface area (Å²) in [5.41, 5.74) is 1.85. The normalized spacial score (nSPS) is 10.7. The molecule has 0 fully saturated rings. The average Bonchev–Trinajstić information content (AvgIpc) is 2.87. The van der Waals surface area contributed by atoms with E-state index >= 15 is 0 Å². The van der Waals surface area contributed by atoms with Crippen molar-refractivity contribution in [2.24, 2.45) is 0 Å². The first-order valence-corrected chi connectivity index (χ1v) is 6.43. The van der Waals surface area contributed by atoms with Crippen LogP contribution >= 0.6 is 11.3 Å². The average molecular weight is 259 g/mol. The maximum Gasteiger partial charge on any atom is 0.243 e. The van der Waals surface area contributed by atoms with E-state index in [1.54, 1.807) is 29.8 Å². The van der Waals surface area contributed by atoms with Gasteiger partial charge in [0.05, 0.1) is 12.2 Å². The van der Waals surface area contributed by atoms with Crippen LogP contribution in [0.5, 0.6) is 0 Å². The van der Waals surface area contributed by atoms with Crippen molar-refractivity contribution in [1.29, 1.82) is 0 Å². The number of amides is 1. The molecule has 1 N–H and O–H groups in total. The highest BCUT2D eigenvalue weighted by atomic mass is 32.1. The molecule has 2 aromatic heterocycles. The van der Waals surface area contributed by atoms with Crippen LogP contribution in [0.2, 0.25) is 0 Å². The molecule has 0 radical (unpaired) electrons. The molecule has 2 rings (SSSR count). The summed E-state index contributed by atoms with van der Waals surface area (Å²) in [5.74, 6) is -0.103. The predicted octanol–water partition coefficient (Wildman–Crippen LogP) is 2.40. The SMILES string of the molecule is C/C=C/C(=O)NCc1csc(-c2cccnc2)n1. The van der Waals surface area contributed by atoms with E-state index in [4.69, 9.17) is 0 Å². The molecule has 2 aromatic rings. The topological polar surface area (TPSA) is 54.9 Å². The molecule has 1 amide bonds. The van der Waals surface area contributed by atoms with Crippen LogP contribution in [0, 0.1) is 0 Å². The third kappa shape index (κ3) is 3.24. The quantitative estimate of drug-likeness (QED) is 0.858. The van der Waals surface area contributed by atoms with Crippen LogP contribution < -0.4 is 5.32 Å². The lowest BCUT2D eigenvalue weighted by Gasteiger charge is -1.98. The molecule has 0 saturated carbocycles. The van der Waals surface area contributed by atoms with Crippen molar-refractivity contribution in [3.05, 3.63) is 47.8 Å². The summed E-state index contributed by atoms with van der Waals surface area (Å²) < 4.78 is 0. The van der Waals surface area contributed by atoms with Gasteiger partial charge in [-0.25, -0.2) is 4.98 Å². The Morgan fingerprint density at radius 3 is 3.17 bits per heavy atom. The van der Waals surface area contributed by atoms with Gasteiger partial charge in [0.25, 0.3) is 0 Å². The Morgan fingerprint density at radius 2 is 2.44 bits per heavy atom. The molecule has 0 saturated heterocycles. The summed E-state index contributed by atoms with van der Waals surface area (Å²) in [6.45, 7) is 2.25. The smallest absolute Gasteiger partial charge is 0.243 e. The van der Waals surface area contributed by atoms with Crippen LogP contribution in [0.25, 0.3) is 10.6 Å². The highest BCUT2D eigenvalue weighted by molar-refractivity contribution is 7.13. The highest BCUT2D eigenvalue weighted by Crippen LogP contribution is 2.22. The van der Waals surface area contributed by atoms with Gasteiger partial charge >= 0.3 is 0 Å². The van der Waals surface area contributed by atoms with Gasteiger partial charge in [0.2, 0.25) is 5.91 Å². The largest absolute Gasteiger partial charge is 0.347 e. The number of hydrogen-bond donors (Lipinski definition) is 1. The molecule has 0 aliphatic heterocycles.